The minimum atomic E-state index is -0.488. The molecule has 7 heteroatoms. The SMILES string of the molecule is Cc1cc(Cl)ccc1OCC(=O)NNC(=O)COc1ccccc1C(C)(C)C. The Hall–Kier alpha value is -2.73. The van der Waals surface area contributed by atoms with Gasteiger partial charge in [-0.2, -0.15) is 0 Å². The molecule has 0 radical (unpaired) electrons. The van der Waals surface area contributed by atoms with Gasteiger partial charge in [0, 0.05) is 5.02 Å². The van der Waals surface area contributed by atoms with E-state index in [-0.39, 0.29) is 18.6 Å². The van der Waals surface area contributed by atoms with Crippen molar-refractivity contribution in [2.75, 3.05) is 13.2 Å². The summed E-state index contributed by atoms with van der Waals surface area (Å²) in [4.78, 5) is 23.8. The molecule has 0 spiro atoms. The lowest BCUT2D eigenvalue weighted by atomic mass is 9.86. The van der Waals surface area contributed by atoms with Gasteiger partial charge in [-0.1, -0.05) is 50.6 Å². The Balaban J connectivity index is 1.77. The van der Waals surface area contributed by atoms with Gasteiger partial charge in [-0.15, -0.1) is 0 Å². The molecule has 0 saturated heterocycles. The Kier molecular flexibility index (Phi) is 7.29. The summed E-state index contributed by atoms with van der Waals surface area (Å²) in [6.07, 6.45) is 0. The zero-order chi connectivity index (χ0) is 20.7. The first-order valence-electron chi connectivity index (χ1n) is 8.86. The number of halogens is 1. The first-order chi connectivity index (χ1) is 13.2. The number of ether oxygens (including phenoxy) is 2. The maximum atomic E-state index is 11.9. The fraction of sp³-hybridized carbons (Fsp3) is 0.333. The van der Waals surface area contributed by atoms with Crippen LogP contribution in [0.2, 0.25) is 5.02 Å². The molecule has 150 valence electrons. The molecular weight excluding hydrogens is 380 g/mol. The third kappa shape index (κ3) is 6.46. The number of rotatable bonds is 6. The molecule has 2 N–H and O–H groups in total. The first-order valence-corrected chi connectivity index (χ1v) is 9.23. The monoisotopic (exact) mass is 404 g/mol. The van der Waals surface area contributed by atoms with Crippen molar-refractivity contribution in [1.82, 2.24) is 10.9 Å². The minimum absolute atomic E-state index is 0.113. The van der Waals surface area contributed by atoms with Crippen molar-refractivity contribution in [3.63, 3.8) is 0 Å². The summed E-state index contributed by atoms with van der Waals surface area (Å²) in [5.74, 6) is 0.226. The lowest BCUT2D eigenvalue weighted by Gasteiger charge is -2.22. The third-order valence-corrected chi connectivity index (χ3v) is 4.13. The fourth-order valence-corrected chi connectivity index (χ4v) is 2.71. The molecule has 2 aromatic carbocycles. The summed E-state index contributed by atoms with van der Waals surface area (Å²) in [7, 11) is 0. The fourth-order valence-electron chi connectivity index (χ4n) is 2.49. The highest BCUT2D eigenvalue weighted by molar-refractivity contribution is 6.30. The van der Waals surface area contributed by atoms with E-state index in [0.29, 0.717) is 16.5 Å². The summed E-state index contributed by atoms with van der Waals surface area (Å²) < 4.78 is 11.0. The molecule has 28 heavy (non-hydrogen) atoms. The second-order valence-electron chi connectivity index (χ2n) is 7.33. The average Bonchev–Trinajstić information content (AvgIpc) is 2.63. The van der Waals surface area contributed by atoms with Gasteiger partial charge in [-0.3, -0.25) is 20.4 Å². The van der Waals surface area contributed by atoms with E-state index in [4.69, 9.17) is 21.1 Å². The van der Waals surface area contributed by atoms with E-state index < -0.39 is 11.8 Å². The van der Waals surface area contributed by atoms with E-state index in [1.54, 1.807) is 18.2 Å². The number of carbonyl (C=O) groups excluding carboxylic acids is 2. The predicted octanol–water partition coefficient (Wildman–Crippen LogP) is 3.55. The van der Waals surface area contributed by atoms with Crippen LogP contribution in [0.25, 0.3) is 0 Å². The summed E-state index contributed by atoms with van der Waals surface area (Å²) in [6.45, 7) is 7.57. The van der Waals surface area contributed by atoms with Crippen LogP contribution < -0.4 is 20.3 Å². The first kappa shape index (κ1) is 21.6. The highest BCUT2D eigenvalue weighted by Crippen LogP contribution is 2.30. The number of nitrogens with one attached hydrogen (secondary N) is 2. The second-order valence-corrected chi connectivity index (χ2v) is 7.77. The lowest BCUT2D eigenvalue weighted by molar-refractivity contribution is -0.131. The van der Waals surface area contributed by atoms with Crippen molar-refractivity contribution in [2.24, 2.45) is 0 Å². The Morgan fingerprint density at radius 1 is 0.929 bits per heavy atom. The van der Waals surface area contributed by atoms with Gasteiger partial charge in [0.2, 0.25) is 0 Å². The summed E-state index contributed by atoms with van der Waals surface area (Å²) >= 11 is 5.88. The Labute approximate surface area is 170 Å². The Morgan fingerprint density at radius 2 is 1.50 bits per heavy atom. The van der Waals surface area contributed by atoms with E-state index in [9.17, 15) is 9.59 Å². The standard InChI is InChI=1S/C21H25ClN2O4/c1-14-11-15(22)9-10-17(14)27-12-19(25)23-24-20(26)13-28-18-8-6-5-7-16(18)21(2,3)4/h5-11H,12-13H2,1-4H3,(H,23,25)(H,24,26). The molecule has 0 bridgehead atoms. The summed E-state index contributed by atoms with van der Waals surface area (Å²) in [5.41, 5.74) is 6.30. The molecule has 2 amide bonds. The van der Waals surface area contributed by atoms with Crippen LogP contribution in [0, 0.1) is 6.92 Å². The summed E-state index contributed by atoms with van der Waals surface area (Å²) in [5, 5.41) is 0.592. The number of benzene rings is 2. The lowest BCUT2D eigenvalue weighted by Crippen LogP contribution is -2.45. The molecule has 0 heterocycles. The molecule has 0 aliphatic carbocycles. The number of para-hydroxylation sites is 1. The molecule has 0 aliphatic rings. The highest BCUT2D eigenvalue weighted by Gasteiger charge is 2.19. The van der Waals surface area contributed by atoms with Gasteiger partial charge in [-0.05, 0) is 47.7 Å². The van der Waals surface area contributed by atoms with E-state index in [1.807, 2.05) is 31.2 Å². The zero-order valence-corrected chi connectivity index (χ0v) is 17.2. The van der Waals surface area contributed by atoms with Crippen LogP contribution in [-0.4, -0.2) is 25.0 Å². The van der Waals surface area contributed by atoms with Gasteiger partial charge in [-0.25, -0.2) is 0 Å². The van der Waals surface area contributed by atoms with Crippen LogP contribution in [0.1, 0.15) is 31.9 Å². The molecule has 0 fully saturated rings. The van der Waals surface area contributed by atoms with E-state index in [2.05, 4.69) is 31.6 Å². The van der Waals surface area contributed by atoms with Gasteiger partial charge in [0.1, 0.15) is 11.5 Å². The highest BCUT2D eigenvalue weighted by atomic mass is 35.5. The topological polar surface area (TPSA) is 76.7 Å². The van der Waals surface area contributed by atoms with Gasteiger partial charge >= 0.3 is 0 Å². The smallest absolute Gasteiger partial charge is 0.276 e. The van der Waals surface area contributed by atoms with Crippen LogP contribution in [-0.2, 0) is 15.0 Å². The molecule has 6 nitrogen and oxygen atoms in total. The van der Waals surface area contributed by atoms with Gasteiger partial charge in [0.15, 0.2) is 13.2 Å². The number of carbonyl (C=O) groups is 2. The van der Waals surface area contributed by atoms with Crippen molar-refractivity contribution in [2.45, 2.75) is 33.1 Å². The molecule has 0 atom stereocenters. The molecule has 0 aromatic heterocycles. The quantitative estimate of drug-likeness (QED) is 0.722. The minimum Gasteiger partial charge on any atom is -0.483 e. The van der Waals surface area contributed by atoms with Crippen LogP contribution >= 0.6 is 11.6 Å². The number of amides is 2. The van der Waals surface area contributed by atoms with Gasteiger partial charge in [0.25, 0.3) is 11.8 Å². The zero-order valence-electron chi connectivity index (χ0n) is 16.5. The Morgan fingerprint density at radius 3 is 2.07 bits per heavy atom. The van der Waals surface area contributed by atoms with E-state index >= 15 is 0 Å². The number of hydrazine groups is 1. The van der Waals surface area contributed by atoms with E-state index in [1.165, 1.54) is 0 Å². The molecule has 0 unspecified atom stereocenters. The number of hydrogen-bond donors (Lipinski definition) is 2. The predicted molar refractivity (Wildman–Crippen MR) is 109 cm³/mol. The second kappa shape index (κ2) is 9.46. The van der Waals surface area contributed by atoms with Crippen molar-refractivity contribution >= 4 is 23.4 Å². The van der Waals surface area contributed by atoms with Crippen LogP contribution in [0.3, 0.4) is 0 Å². The van der Waals surface area contributed by atoms with Crippen LogP contribution in [0.4, 0.5) is 0 Å². The molecule has 0 saturated carbocycles. The van der Waals surface area contributed by atoms with Gasteiger partial charge in [0.05, 0.1) is 0 Å². The van der Waals surface area contributed by atoms with Crippen molar-refractivity contribution in [3.8, 4) is 11.5 Å². The van der Waals surface area contributed by atoms with Crippen LogP contribution in [0.15, 0.2) is 42.5 Å². The normalized spacial score (nSPS) is 10.9. The number of hydrogen-bond acceptors (Lipinski definition) is 4. The molecule has 2 aromatic rings. The van der Waals surface area contributed by atoms with Crippen molar-refractivity contribution in [3.05, 3.63) is 58.6 Å². The van der Waals surface area contributed by atoms with Crippen molar-refractivity contribution < 1.29 is 19.1 Å². The van der Waals surface area contributed by atoms with Crippen LogP contribution in [0.5, 0.6) is 11.5 Å². The molecular formula is C21H25ClN2O4. The molecule has 2 rings (SSSR count). The van der Waals surface area contributed by atoms with Crippen molar-refractivity contribution in [1.29, 1.82) is 0 Å². The Bertz CT molecular complexity index is 847. The average molecular weight is 405 g/mol. The maximum absolute atomic E-state index is 11.9. The number of aryl methyl sites for hydroxylation is 1. The summed E-state index contributed by atoms with van der Waals surface area (Å²) in [6, 6.07) is 12.7. The third-order valence-electron chi connectivity index (χ3n) is 3.89. The van der Waals surface area contributed by atoms with Gasteiger partial charge < -0.3 is 9.47 Å². The molecule has 0 aliphatic heterocycles. The maximum Gasteiger partial charge on any atom is 0.276 e. The largest absolute Gasteiger partial charge is 0.483 e. The van der Waals surface area contributed by atoms with E-state index in [0.717, 1.165) is 11.1 Å².